The van der Waals surface area contributed by atoms with Crippen molar-refractivity contribution in [3.05, 3.63) is 47.6 Å². The predicted octanol–water partition coefficient (Wildman–Crippen LogP) is 2.73. The number of thiazole rings is 1. The van der Waals surface area contributed by atoms with Gasteiger partial charge in [-0.2, -0.15) is 0 Å². The minimum Gasteiger partial charge on any atom is -0.355 e. The summed E-state index contributed by atoms with van der Waals surface area (Å²) in [5.74, 6) is 0.0618. The molecule has 1 aromatic carbocycles. The summed E-state index contributed by atoms with van der Waals surface area (Å²) in [6, 6.07) is 10.00. The smallest absolute Gasteiger partial charge is 0.225 e. The number of nitrogens with one attached hydrogen (secondary N) is 1. The molecule has 6 nitrogen and oxygen atoms in total. The monoisotopic (exact) mass is 382 g/mol. The molecule has 1 fully saturated rings. The Kier molecular flexibility index (Phi) is 5.20. The number of carbonyl (C=O) groups is 2. The molecule has 0 unspecified atom stereocenters. The average Bonchev–Trinajstić information content (AvgIpc) is 3.41. The molecule has 27 heavy (non-hydrogen) atoms. The van der Waals surface area contributed by atoms with Crippen LogP contribution in [0.5, 0.6) is 0 Å². The number of hydrogen-bond acceptors (Lipinski definition) is 4. The van der Waals surface area contributed by atoms with Crippen molar-refractivity contribution in [2.75, 3.05) is 19.6 Å². The summed E-state index contributed by atoms with van der Waals surface area (Å²) in [5, 5.41) is 4.83. The van der Waals surface area contributed by atoms with E-state index in [-0.39, 0.29) is 18.2 Å². The van der Waals surface area contributed by atoms with Crippen LogP contribution in [0.2, 0.25) is 0 Å². The van der Waals surface area contributed by atoms with Crippen LogP contribution in [0.3, 0.4) is 0 Å². The van der Waals surface area contributed by atoms with E-state index < -0.39 is 0 Å². The van der Waals surface area contributed by atoms with Gasteiger partial charge in [-0.25, -0.2) is 4.98 Å². The zero-order valence-corrected chi connectivity index (χ0v) is 15.9. The summed E-state index contributed by atoms with van der Waals surface area (Å²) in [5.41, 5.74) is 2.87. The van der Waals surface area contributed by atoms with E-state index in [2.05, 4.69) is 10.3 Å². The van der Waals surface area contributed by atoms with Crippen molar-refractivity contribution in [1.82, 2.24) is 19.6 Å². The maximum atomic E-state index is 12.3. The zero-order valence-electron chi connectivity index (χ0n) is 15.1. The predicted molar refractivity (Wildman–Crippen MR) is 106 cm³/mol. The lowest BCUT2D eigenvalue weighted by atomic mass is 10.2. The fourth-order valence-corrected chi connectivity index (χ4v) is 4.24. The first-order valence-corrected chi connectivity index (χ1v) is 10.1. The largest absolute Gasteiger partial charge is 0.355 e. The molecule has 2 amide bonds. The molecule has 0 saturated carbocycles. The van der Waals surface area contributed by atoms with Crippen LogP contribution in [-0.2, 0) is 16.0 Å². The Labute approximate surface area is 161 Å². The number of likely N-dealkylation sites (tertiary alicyclic amines) is 1. The molecule has 0 atom stereocenters. The maximum absolute atomic E-state index is 12.3. The van der Waals surface area contributed by atoms with E-state index in [9.17, 15) is 9.59 Å². The van der Waals surface area contributed by atoms with E-state index >= 15 is 0 Å². The summed E-state index contributed by atoms with van der Waals surface area (Å²) in [7, 11) is 0. The van der Waals surface area contributed by atoms with E-state index in [1.54, 1.807) is 0 Å². The number of benzene rings is 1. The van der Waals surface area contributed by atoms with Gasteiger partial charge >= 0.3 is 0 Å². The van der Waals surface area contributed by atoms with Gasteiger partial charge in [-0.05, 0) is 12.8 Å². The SMILES string of the molecule is O=C(Cc1csc2nc(-c3ccccc3)cn12)NCCC(=O)N1CCCC1. The highest BCUT2D eigenvalue weighted by molar-refractivity contribution is 7.15. The highest BCUT2D eigenvalue weighted by atomic mass is 32.1. The summed E-state index contributed by atoms with van der Waals surface area (Å²) < 4.78 is 1.97. The topological polar surface area (TPSA) is 66.7 Å². The second-order valence-corrected chi connectivity index (χ2v) is 7.57. The number of nitrogens with zero attached hydrogens (tertiary/aromatic N) is 3. The molecule has 3 aromatic rings. The molecular formula is C20H22N4O2S. The third kappa shape index (κ3) is 4.03. The van der Waals surface area contributed by atoms with Crippen LogP contribution in [0.15, 0.2) is 41.9 Å². The molecule has 0 aliphatic carbocycles. The molecule has 0 bridgehead atoms. The van der Waals surface area contributed by atoms with Gasteiger partial charge in [0.25, 0.3) is 0 Å². The minimum absolute atomic E-state index is 0.0705. The fraction of sp³-hybridized carbons (Fsp3) is 0.350. The standard InChI is InChI=1S/C20H22N4O2S/c25-18(21-9-8-19(26)23-10-4-5-11-23)12-16-14-27-20-22-17(13-24(16)20)15-6-2-1-3-7-15/h1-3,6-7,13-14H,4-5,8-12H2,(H,21,25). The van der Waals surface area contributed by atoms with Crippen molar-refractivity contribution >= 4 is 28.1 Å². The number of amides is 2. The van der Waals surface area contributed by atoms with E-state index in [0.29, 0.717) is 13.0 Å². The number of rotatable bonds is 6. The lowest BCUT2D eigenvalue weighted by molar-refractivity contribution is -0.130. The summed E-state index contributed by atoms with van der Waals surface area (Å²) in [6.07, 6.45) is 4.79. The molecule has 2 aromatic heterocycles. The van der Waals surface area contributed by atoms with Crippen molar-refractivity contribution in [2.24, 2.45) is 0 Å². The second kappa shape index (κ2) is 7.92. The highest BCUT2D eigenvalue weighted by Crippen LogP contribution is 2.23. The van der Waals surface area contributed by atoms with Crippen molar-refractivity contribution in [2.45, 2.75) is 25.7 Å². The molecule has 7 heteroatoms. The Balaban J connectivity index is 1.34. The number of carbonyl (C=O) groups excluding carboxylic acids is 2. The zero-order chi connectivity index (χ0) is 18.6. The van der Waals surface area contributed by atoms with Crippen LogP contribution in [0.4, 0.5) is 0 Å². The average molecular weight is 382 g/mol. The number of aromatic nitrogens is 2. The quantitative estimate of drug-likeness (QED) is 0.713. The van der Waals surface area contributed by atoms with Gasteiger partial charge in [-0.1, -0.05) is 30.3 Å². The first-order chi connectivity index (χ1) is 13.2. The molecule has 0 spiro atoms. The molecule has 4 rings (SSSR count). The first kappa shape index (κ1) is 17.7. The lowest BCUT2D eigenvalue weighted by Crippen LogP contribution is -2.33. The highest BCUT2D eigenvalue weighted by Gasteiger charge is 2.18. The van der Waals surface area contributed by atoms with Gasteiger partial charge in [-0.3, -0.25) is 14.0 Å². The number of hydrogen-bond donors (Lipinski definition) is 1. The van der Waals surface area contributed by atoms with Gasteiger partial charge in [0.05, 0.1) is 12.1 Å². The van der Waals surface area contributed by atoms with Crippen LogP contribution < -0.4 is 5.32 Å². The third-order valence-electron chi connectivity index (χ3n) is 4.81. The summed E-state index contributed by atoms with van der Waals surface area (Å²) in [6.45, 7) is 2.09. The number of fused-ring (bicyclic) bond motifs is 1. The van der Waals surface area contributed by atoms with Gasteiger partial charge < -0.3 is 10.2 Å². The van der Waals surface area contributed by atoms with E-state index in [0.717, 1.165) is 47.8 Å². The molecule has 1 aliphatic rings. The first-order valence-electron chi connectivity index (χ1n) is 9.26. The van der Waals surface area contributed by atoms with Crippen molar-refractivity contribution < 1.29 is 9.59 Å². The Hall–Kier alpha value is -2.67. The number of imidazole rings is 1. The summed E-state index contributed by atoms with van der Waals surface area (Å²) in [4.78, 5) is 31.7. The molecular weight excluding hydrogens is 360 g/mol. The van der Waals surface area contributed by atoms with Crippen LogP contribution >= 0.6 is 11.3 Å². The van der Waals surface area contributed by atoms with Crippen molar-refractivity contribution in [3.63, 3.8) is 0 Å². The molecule has 140 valence electrons. The molecule has 0 radical (unpaired) electrons. The Bertz CT molecular complexity index is 941. The van der Waals surface area contributed by atoms with Crippen molar-refractivity contribution in [3.8, 4) is 11.3 Å². The van der Waals surface area contributed by atoms with Crippen molar-refractivity contribution in [1.29, 1.82) is 0 Å². The lowest BCUT2D eigenvalue weighted by Gasteiger charge is -2.15. The Morgan fingerprint density at radius 2 is 1.93 bits per heavy atom. The van der Waals surface area contributed by atoms with Crippen LogP contribution in [0, 0.1) is 0 Å². The Morgan fingerprint density at radius 3 is 2.70 bits per heavy atom. The molecule has 1 saturated heterocycles. The van der Waals surface area contributed by atoms with E-state index in [4.69, 9.17) is 0 Å². The van der Waals surface area contributed by atoms with Gasteiger partial charge in [0.2, 0.25) is 11.8 Å². The molecule has 3 heterocycles. The van der Waals surface area contributed by atoms with E-state index in [1.807, 2.05) is 51.2 Å². The van der Waals surface area contributed by atoms with Gasteiger partial charge in [0.1, 0.15) is 0 Å². The third-order valence-corrected chi connectivity index (χ3v) is 5.70. The minimum atomic E-state index is -0.0705. The fourth-order valence-electron chi connectivity index (χ4n) is 3.37. The second-order valence-electron chi connectivity index (χ2n) is 6.74. The van der Waals surface area contributed by atoms with Gasteiger partial charge in [0, 0.05) is 48.9 Å². The Morgan fingerprint density at radius 1 is 1.15 bits per heavy atom. The molecule has 1 N–H and O–H groups in total. The molecule has 1 aliphatic heterocycles. The van der Waals surface area contributed by atoms with E-state index in [1.165, 1.54) is 11.3 Å². The summed E-state index contributed by atoms with van der Waals surface area (Å²) >= 11 is 1.53. The van der Waals surface area contributed by atoms with Crippen LogP contribution in [0.1, 0.15) is 25.0 Å². The van der Waals surface area contributed by atoms with Crippen LogP contribution in [0.25, 0.3) is 16.2 Å². The van der Waals surface area contributed by atoms with Gasteiger partial charge in [0.15, 0.2) is 4.96 Å². The van der Waals surface area contributed by atoms with Crippen LogP contribution in [-0.4, -0.2) is 45.7 Å². The normalized spacial score (nSPS) is 14.0. The maximum Gasteiger partial charge on any atom is 0.225 e. The van der Waals surface area contributed by atoms with Gasteiger partial charge in [-0.15, -0.1) is 11.3 Å².